The first-order valence-electron chi connectivity index (χ1n) is 6.92. The van der Waals surface area contributed by atoms with Gasteiger partial charge in [-0.15, -0.1) is 0 Å². The Morgan fingerprint density at radius 1 is 1.05 bits per heavy atom. The second-order valence-corrected chi connectivity index (χ2v) is 6.31. The minimum absolute atomic E-state index is 0.190. The van der Waals surface area contributed by atoms with Gasteiger partial charge in [0.15, 0.2) is 10.8 Å². The lowest BCUT2D eigenvalue weighted by atomic mass is 9.35. The average Bonchev–Trinajstić information content (AvgIpc) is 2.92. The number of fused-ring (bicyclic) bond motifs is 4. The van der Waals surface area contributed by atoms with Gasteiger partial charge in [0.1, 0.15) is 0 Å². The number of nitriles is 4. The van der Waals surface area contributed by atoms with Gasteiger partial charge in [0.05, 0.1) is 24.3 Å². The van der Waals surface area contributed by atoms with Gasteiger partial charge < -0.3 is 0 Å². The summed E-state index contributed by atoms with van der Waals surface area (Å²) in [5.74, 6) is 0.714. The van der Waals surface area contributed by atoms with E-state index in [1.165, 1.54) is 0 Å². The molecule has 3 unspecified atom stereocenters. The highest BCUT2D eigenvalue weighted by atomic mass is 14.7. The first-order chi connectivity index (χ1) is 9.56. The molecule has 3 aliphatic rings. The van der Waals surface area contributed by atoms with Gasteiger partial charge in [-0.05, 0) is 24.7 Å². The predicted octanol–water partition coefficient (Wildman–Crippen LogP) is 2.82. The number of rotatable bonds is 0. The van der Waals surface area contributed by atoms with Crippen LogP contribution in [0.5, 0.6) is 0 Å². The van der Waals surface area contributed by atoms with Gasteiger partial charge in [-0.2, -0.15) is 21.0 Å². The van der Waals surface area contributed by atoms with Crippen molar-refractivity contribution in [2.24, 2.45) is 28.1 Å². The Labute approximate surface area is 118 Å². The Morgan fingerprint density at radius 2 is 1.70 bits per heavy atom. The fraction of sp³-hybridized carbons (Fsp3) is 0.625. The van der Waals surface area contributed by atoms with E-state index in [2.05, 4.69) is 12.1 Å². The van der Waals surface area contributed by atoms with Crippen LogP contribution in [-0.2, 0) is 0 Å². The zero-order valence-electron chi connectivity index (χ0n) is 11.3. The van der Waals surface area contributed by atoms with Crippen LogP contribution in [0.3, 0.4) is 0 Å². The molecule has 20 heavy (non-hydrogen) atoms. The van der Waals surface area contributed by atoms with E-state index >= 15 is 0 Å². The van der Waals surface area contributed by atoms with Gasteiger partial charge in [0.2, 0.25) is 0 Å². The highest BCUT2D eigenvalue weighted by molar-refractivity contribution is 5.51. The third-order valence-electron chi connectivity index (χ3n) is 6.02. The SMILES string of the molecule is CC12C(=CCC(C#N)(C#N)C1(C#N)C#N)C1CCCC12. The second kappa shape index (κ2) is 3.62. The van der Waals surface area contributed by atoms with E-state index in [9.17, 15) is 21.0 Å². The van der Waals surface area contributed by atoms with Gasteiger partial charge in [0.25, 0.3) is 0 Å². The van der Waals surface area contributed by atoms with Crippen LogP contribution >= 0.6 is 0 Å². The predicted molar refractivity (Wildman–Crippen MR) is 69.0 cm³/mol. The second-order valence-electron chi connectivity index (χ2n) is 6.31. The van der Waals surface area contributed by atoms with E-state index in [1.807, 2.05) is 25.1 Å². The van der Waals surface area contributed by atoms with Crippen LogP contribution in [0.4, 0.5) is 0 Å². The van der Waals surface area contributed by atoms with Crippen LogP contribution in [0.25, 0.3) is 0 Å². The number of hydrogen-bond acceptors (Lipinski definition) is 4. The molecule has 0 amide bonds. The summed E-state index contributed by atoms with van der Waals surface area (Å²) in [5, 5.41) is 38.5. The minimum atomic E-state index is -1.56. The Bertz CT molecular complexity index is 647. The summed E-state index contributed by atoms with van der Waals surface area (Å²) in [6.45, 7) is 1.92. The Kier molecular flexibility index (Phi) is 2.31. The molecule has 3 rings (SSSR count). The Balaban J connectivity index is 2.29. The summed E-state index contributed by atoms with van der Waals surface area (Å²) in [7, 11) is 0. The number of hydrogen-bond donors (Lipinski definition) is 0. The molecule has 98 valence electrons. The van der Waals surface area contributed by atoms with Crippen molar-refractivity contribution in [2.45, 2.75) is 32.6 Å². The van der Waals surface area contributed by atoms with E-state index in [1.54, 1.807) is 0 Å². The third-order valence-corrected chi connectivity index (χ3v) is 6.02. The van der Waals surface area contributed by atoms with Crippen LogP contribution in [0.1, 0.15) is 32.6 Å². The molecule has 4 heteroatoms. The van der Waals surface area contributed by atoms with Gasteiger partial charge in [-0.25, -0.2) is 0 Å². The molecule has 0 saturated heterocycles. The van der Waals surface area contributed by atoms with Crippen molar-refractivity contribution < 1.29 is 0 Å². The molecule has 3 atom stereocenters. The monoisotopic (exact) mass is 262 g/mol. The maximum atomic E-state index is 9.74. The van der Waals surface area contributed by atoms with Gasteiger partial charge >= 0.3 is 0 Å². The van der Waals surface area contributed by atoms with Crippen LogP contribution in [0.2, 0.25) is 0 Å². The molecule has 0 bridgehead atoms. The van der Waals surface area contributed by atoms with E-state index in [-0.39, 0.29) is 12.3 Å². The van der Waals surface area contributed by atoms with E-state index < -0.39 is 16.2 Å². The van der Waals surface area contributed by atoms with Crippen molar-refractivity contribution in [2.75, 3.05) is 0 Å². The van der Waals surface area contributed by atoms with Crippen molar-refractivity contribution in [1.29, 1.82) is 21.0 Å². The molecule has 0 aliphatic heterocycles. The molecule has 4 nitrogen and oxygen atoms in total. The normalized spacial score (nSPS) is 38.5. The summed E-state index contributed by atoms with van der Waals surface area (Å²) >= 11 is 0. The Hall–Kier alpha value is -2.30. The molecule has 2 saturated carbocycles. The lowest BCUT2D eigenvalue weighted by molar-refractivity contribution is -0.0365. The van der Waals surface area contributed by atoms with Gasteiger partial charge in [0, 0.05) is 11.8 Å². The summed E-state index contributed by atoms with van der Waals surface area (Å²) in [6.07, 6.45) is 5.34. The fourth-order valence-electron chi connectivity index (χ4n) is 4.98. The number of nitrogens with zero attached hydrogens (tertiary/aromatic N) is 4. The van der Waals surface area contributed by atoms with Crippen LogP contribution in [-0.4, -0.2) is 0 Å². The van der Waals surface area contributed by atoms with Crippen molar-refractivity contribution in [3.8, 4) is 24.3 Å². The minimum Gasteiger partial charge on any atom is -0.196 e. The maximum absolute atomic E-state index is 9.74. The van der Waals surface area contributed by atoms with E-state index in [0.29, 0.717) is 5.92 Å². The molecule has 0 heterocycles. The summed E-state index contributed by atoms with van der Waals surface area (Å²) in [6, 6.07) is 8.19. The molecule has 0 aromatic heterocycles. The quantitative estimate of drug-likeness (QED) is 0.627. The van der Waals surface area contributed by atoms with Gasteiger partial charge in [-0.3, -0.25) is 0 Å². The first-order valence-corrected chi connectivity index (χ1v) is 6.92. The zero-order valence-corrected chi connectivity index (χ0v) is 11.3. The van der Waals surface area contributed by atoms with E-state index in [0.717, 1.165) is 24.8 Å². The molecule has 0 aromatic carbocycles. The highest BCUT2D eigenvalue weighted by Crippen LogP contribution is 2.74. The zero-order chi connectivity index (χ0) is 14.6. The smallest absolute Gasteiger partial charge is 0.184 e. The lowest BCUT2D eigenvalue weighted by Crippen LogP contribution is -2.63. The molecule has 2 fully saturated rings. The summed E-state index contributed by atoms with van der Waals surface area (Å²) < 4.78 is 0. The highest BCUT2D eigenvalue weighted by Gasteiger charge is 2.75. The van der Waals surface area contributed by atoms with Crippen molar-refractivity contribution in [3.63, 3.8) is 0 Å². The lowest BCUT2D eigenvalue weighted by Gasteiger charge is -2.62. The number of allylic oxidation sites excluding steroid dienone is 2. The topological polar surface area (TPSA) is 95.2 Å². The standard InChI is InChI=1S/C16H14N4/c1-14-12-4-2-3-11(12)13(14)5-6-15(7-17,8-18)16(14,9-19)10-20/h5,11-12H,2-4,6H2,1H3. The van der Waals surface area contributed by atoms with Crippen LogP contribution in [0.15, 0.2) is 11.6 Å². The third kappa shape index (κ3) is 0.952. The molecular formula is C16H14N4. The fourth-order valence-corrected chi connectivity index (χ4v) is 4.98. The summed E-state index contributed by atoms with van der Waals surface area (Å²) in [5.41, 5.74) is -2.60. The molecular weight excluding hydrogens is 248 g/mol. The van der Waals surface area contributed by atoms with Crippen LogP contribution in [0, 0.1) is 73.4 Å². The molecule has 0 radical (unpaired) electrons. The molecule has 0 spiro atoms. The van der Waals surface area contributed by atoms with Crippen molar-refractivity contribution in [3.05, 3.63) is 11.6 Å². The summed E-state index contributed by atoms with van der Waals surface area (Å²) in [4.78, 5) is 0. The molecule has 3 aliphatic carbocycles. The first kappa shape index (κ1) is 12.7. The van der Waals surface area contributed by atoms with Crippen LogP contribution < -0.4 is 0 Å². The largest absolute Gasteiger partial charge is 0.196 e. The molecule has 0 aromatic rings. The van der Waals surface area contributed by atoms with Crippen molar-refractivity contribution in [1.82, 2.24) is 0 Å². The maximum Gasteiger partial charge on any atom is 0.184 e. The molecule has 0 N–H and O–H groups in total. The van der Waals surface area contributed by atoms with Crippen molar-refractivity contribution >= 4 is 0 Å². The van der Waals surface area contributed by atoms with Gasteiger partial charge in [-0.1, -0.05) is 25.0 Å². The van der Waals surface area contributed by atoms with E-state index in [4.69, 9.17) is 0 Å². The Morgan fingerprint density at radius 3 is 2.25 bits per heavy atom. The average molecular weight is 262 g/mol.